The molecule has 8 heteroatoms. The van der Waals surface area contributed by atoms with Crippen molar-refractivity contribution < 1.29 is 13.2 Å². The predicted molar refractivity (Wildman–Crippen MR) is 102 cm³/mol. The zero-order chi connectivity index (χ0) is 19.3. The van der Waals surface area contributed by atoms with Crippen LogP contribution in [0.3, 0.4) is 0 Å². The summed E-state index contributed by atoms with van der Waals surface area (Å²) in [4.78, 5) is 17.2. The summed E-state index contributed by atoms with van der Waals surface area (Å²) < 4.78 is 26.6. The van der Waals surface area contributed by atoms with Crippen LogP contribution in [0.5, 0.6) is 0 Å². The molecule has 0 unspecified atom stereocenters. The number of nitriles is 1. The van der Waals surface area contributed by atoms with E-state index < -0.39 is 10.0 Å². The molecule has 7 nitrogen and oxygen atoms in total. The average molecular weight is 391 g/mol. The number of amides is 1. The summed E-state index contributed by atoms with van der Waals surface area (Å²) in [6.07, 6.45) is 5.27. The second kappa shape index (κ2) is 8.83. The van der Waals surface area contributed by atoms with Crippen LogP contribution in [0.1, 0.15) is 42.5 Å². The lowest BCUT2D eigenvalue weighted by atomic mass is 10.1. The third-order valence-electron chi connectivity index (χ3n) is 5.38. The van der Waals surface area contributed by atoms with E-state index in [2.05, 4.69) is 9.62 Å². The quantitative estimate of drug-likeness (QED) is 0.745. The van der Waals surface area contributed by atoms with E-state index in [0.29, 0.717) is 24.7 Å². The third-order valence-corrected chi connectivity index (χ3v) is 6.86. The van der Waals surface area contributed by atoms with Gasteiger partial charge in [0.15, 0.2) is 0 Å². The van der Waals surface area contributed by atoms with Gasteiger partial charge in [0.25, 0.3) is 5.91 Å². The summed E-state index contributed by atoms with van der Waals surface area (Å²) in [5.41, 5.74) is 0.500. The Balaban J connectivity index is 1.57. The van der Waals surface area contributed by atoms with Gasteiger partial charge in [0.2, 0.25) is 10.0 Å². The molecule has 3 rings (SSSR count). The van der Waals surface area contributed by atoms with E-state index in [0.717, 1.165) is 13.1 Å². The van der Waals surface area contributed by atoms with Gasteiger partial charge in [-0.2, -0.15) is 5.26 Å². The fourth-order valence-corrected chi connectivity index (χ4v) is 4.88. The van der Waals surface area contributed by atoms with Gasteiger partial charge in [0.1, 0.15) is 0 Å². The van der Waals surface area contributed by atoms with Gasteiger partial charge < -0.3 is 4.90 Å². The molecule has 27 heavy (non-hydrogen) atoms. The molecule has 146 valence electrons. The number of carbonyl (C=O) groups excluding carboxylic acids is 1. The highest BCUT2D eigenvalue weighted by molar-refractivity contribution is 7.89. The first-order valence-corrected chi connectivity index (χ1v) is 11.0. The zero-order valence-electron chi connectivity index (χ0n) is 15.4. The van der Waals surface area contributed by atoms with Crippen LogP contribution < -0.4 is 4.72 Å². The van der Waals surface area contributed by atoms with Gasteiger partial charge in [0, 0.05) is 50.7 Å². The van der Waals surface area contributed by atoms with E-state index in [1.165, 1.54) is 37.8 Å². The van der Waals surface area contributed by atoms with Crippen LogP contribution in [0.25, 0.3) is 0 Å². The van der Waals surface area contributed by atoms with Crippen LogP contribution >= 0.6 is 0 Å². The summed E-state index contributed by atoms with van der Waals surface area (Å²) in [5, 5.41) is 8.50. The van der Waals surface area contributed by atoms with Gasteiger partial charge >= 0.3 is 0 Å². The SMILES string of the molecule is N#CCCNS(=O)(=O)c1ccc(C(=O)N2CCN(C3CCCC3)CC2)cc1. The van der Waals surface area contributed by atoms with Crippen molar-refractivity contribution in [2.24, 2.45) is 0 Å². The van der Waals surface area contributed by atoms with Crippen molar-refractivity contribution in [3.8, 4) is 6.07 Å². The maximum Gasteiger partial charge on any atom is 0.253 e. The fourth-order valence-electron chi connectivity index (χ4n) is 3.84. The molecule has 2 aliphatic rings. The van der Waals surface area contributed by atoms with Crippen LogP contribution in [0.4, 0.5) is 0 Å². The summed E-state index contributed by atoms with van der Waals surface area (Å²) in [6.45, 7) is 3.32. The van der Waals surface area contributed by atoms with Crippen LogP contribution in [-0.2, 0) is 10.0 Å². The predicted octanol–water partition coefficient (Wildman–Crippen LogP) is 1.58. The monoisotopic (exact) mass is 390 g/mol. The molecule has 1 aliphatic heterocycles. The maximum atomic E-state index is 12.7. The van der Waals surface area contributed by atoms with Gasteiger partial charge in [-0.05, 0) is 37.1 Å². The lowest BCUT2D eigenvalue weighted by Crippen LogP contribution is -2.51. The Morgan fingerprint density at radius 1 is 1.11 bits per heavy atom. The molecule has 1 N–H and O–H groups in total. The number of nitrogens with one attached hydrogen (secondary N) is 1. The minimum atomic E-state index is -3.65. The van der Waals surface area contributed by atoms with Crippen LogP contribution in [0.15, 0.2) is 29.2 Å². The van der Waals surface area contributed by atoms with Gasteiger partial charge in [0.05, 0.1) is 11.0 Å². The molecular weight excluding hydrogens is 364 g/mol. The van der Waals surface area contributed by atoms with Crippen molar-refractivity contribution in [3.05, 3.63) is 29.8 Å². The first kappa shape index (κ1) is 19.8. The molecule has 1 saturated heterocycles. The molecule has 1 amide bonds. The molecule has 2 fully saturated rings. The highest BCUT2D eigenvalue weighted by atomic mass is 32.2. The number of sulfonamides is 1. The molecule has 0 atom stereocenters. The minimum Gasteiger partial charge on any atom is -0.336 e. The molecule has 0 radical (unpaired) electrons. The topological polar surface area (TPSA) is 93.5 Å². The van der Waals surface area contributed by atoms with E-state index in [4.69, 9.17) is 5.26 Å². The van der Waals surface area contributed by atoms with Gasteiger partial charge in [-0.25, -0.2) is 13.1 Å². The molecule has 1 heterocycles. The van der Waals surface area contributed by atoms with Crippen LogP contribution in [-0.4, -0.2) is 62.9 Å². The molecule has 0 bridgehead atoms. The van der Waals surface area contributed by atoms with Gasteiger partial charge in [-0.1, -0.05) is 12.8 Å². The maximum absolute atomic E-state index is 12.7. The Labute approximate surface area is 161 Å². The van der Waals surface area contributed by atoms with E-state index in [-0.39, 0.29) is 23.8 Å². The molecule has 0 spiro atoms. The van der Waals surface area contributed by atoms with E-state index in [1.807, 2.05) is 11.0 Å². The van der Waals surface area contributed by atoms with Crippen molar-refractivity contribution in [3.63, 3.8) is 0 Å². The Morgan fingerprint density at radius 3 is 2.33 bits per heavy atom. The van der Waals surface area contributed by atoms with E-state index in [9.17, 15) is 13.2 Å². The lowest BCUT2D eigenvalue weighted by Gasteiger charge is -2.38. The van der Waals surface area contributed by atoms with Crippen molar-refractivity contribution in [2.75, 3.05) is 32.7 Å². The number of hydrogen-bond donors (Lipinski definition) is 1. The summed E-state index contributed by atoms with van der Waals surface area (Å²) in [5.74, 6) is -0.0533. The first-order valence-electron chi connectivity index (χ1n) is 9.51. The highest BCUT2D eigenvalue weighted by Crippen LogP contribution is 2.24. The van der Waals surface area contributed by atoms with Crippen LogP contribution in [0, 0.1) is 11.3 Å². The number of nitrogens with zero attached hydrogens (tertiary/aromatic N) is 3. The Morgan fingerprint density at radius 2 is 1.74 bits per heavy atom. The second-order valence-corrected chi connectivity index (χ2v) is 8.86. The summed E-state index contributed by atoms with van der Waals surface area (Å²) >= 11 is 0. The number of rotatable bonds is 6. The van der Waals surface area contributed by atoms with Crippen LogP contribution in [0.2, 0.25) is 0 Å². The molecule has 1 saturated carbocycles. The smallest absolute Gasteiger partial charge is 0.253 e. The summed E-state index contributed by atoms with van der Waals surface area (Å²) in [6, 6.07) is 8.58. The summed E-state index contributed by atoms with van der Waals surface area (Å²) in [7, 11) is -3.65. The Kier molecular flexibility index (Phi) is 6.47. The normalized spacial score (nSPS) is 19.1. The molecule has 1 aliphatic carbocycles. The van der Waals surface area contributed by atoms with Crippen molar-refractivity contribution in [2.45, 2.75) is 43.0 Å². The molecule has 1 aromatic rings. The first-order chi connectivity index (χ1) is 13.0. The zero-order valence-corrected chi connectivity index (χ0v) is 16.2. The number of piperazine rings is 1. The number of hydrogen-bond acceptors (Lipinski definition) is 5. The van der Waals surface area contributed by atoms with E-state index >= 15 is 0 Å². The van der Waals surface area contributed by atoms with Gasteiger partial charge in [-0.3, -0.25) is 9.69 Å². The largest absolute Gasteiger partial charge is 0.336 e. The lowest BCUT2D eigenvalue weighted by molar-refractivity contribution is 0.0573. The Bertz CT molecular complexity index is 787. The highest BCUT2D eigenvalue weighted by Gasteiger charge is 2.28. The molecule has 0 aromatic heterocycles. The molecular formula is C19H26N4O3S. The van der Waals surface area contributed by atoms with Crippen molar-refractivity contribution >= 4 is 15.9 Å². The Hall–Kier alpha value is -1.95. The second-order valence-electron chi connectivity index (χ2n) is 7.10. The van der Waals surface area contributed by atoms with Crippen molar-refractivity contribution in [1.29, 1.82) is 5.26 Å². The number of benzene rings is 1. The van der Waals surface area contributed by atoms with E-state index in [1.54, 1.807) is 12.1 Å². The fraction of sp³-hybridized carbons (Fsp3) is 0.579. The molecule has 1 aromatic carbocycles. The third kappa shape index (κ3) is 4.86. The van der Waals surface area contributed by atoms with Crippen molar-refractivity contribution in [1.82, 2.24) is 14.5 Å². The standard InChI is InChI=1S/C19H26N4O3S/c20-10-3-11-21-27(25,26)18-8-6-16(7-9-18)19(24)23-14-12-22(13-15-23)17-4-1-2-5-17/h6-9,17,21H,1-5,11-15H2. The number of carbonyl (C=O) groups is 1. The average Bonchev–Trinajstić information content (AvgIpc) is 3.23. The van der Waals surface area contributed by atoms with Gasteiger partial charge in [-0.15, -0.1) is 0 Å². The minimum absolute atomic E-state index is 0.0533.